The van der Waals surface area contributed by atoms with E-state index < -0.39 is 0 Å². The van der Waals surface area contributed by atoms with E-state index in [4.69, 9.17) is 16.3 Å². The molecule has 1 aliphatic rings. The molecule has 0 aromatic heterocycles. The van der Waals surface area contributed by atoms with Crippen LogP contribution in [0.5, 0.6) is 5.75 Å². The molecule has 1 fully saturated rings. The zero-order chi connectivity index (χ0) is 11.4. The molecule has 0 N–H and O–H groups in total. The molecule has 1 unspecified atom stereocenters. The molecule has 0 spiro atoms. The topological polar surface area (TPSA) is 12.5 Å². The quantitative estimate of drug-likeness (QED) is 0.749. The Hall–Kier alpha value is -0.730. The molecular formula is C13H18ClNO. The molecule has 0 bridgehead atoms. The van der Waals surface area contributed by atoms with Gasteiger partial charge in [-0.25, -0.2) is 0 Å². The smallest absolute Gasteiger partial charge is 0.119 e. The van der Waals surface area contributed by atoms with Crippen molar-refractivity contribution in [2.45, 2.75) is 18.2 Å². The van der Waals surface area contributed by atoms with E-state index in [1.807, 2.05) is 18.2 Å². The summed E-state index contributed by atoms with van der Waals surface area (Å²) in [4.78, 5) is 2.43. The predicted octanol–water partition coefficient (Wildman–Crippen LogP) is 3.07. The third kappa shape index (κ3) is 2.89. The minimum atomic E-state index is 0.0631. The maximum Gasteiger partial charge on any atom is 0.119 e. The zero-order valence-electron chi connectivity index (χ0n) is 9.66. The van der Waals surface area contributed by atoms with Crippen molar-refractivity contribution in [2.75, 3.05) is 26.7 Å². The Morgan fingerprint density at radius 1 is 1.38 bits per heavy atom. The van der Waals surface area contributed by atoms with Crippen LogP contribution in [0.25, 0.3) is 0 Å². The second-order valence-corrected chi connectivity index (χ2v) is 4.78. The number of alkyl halides is 1. The van der Waals surface area contributed by atoms with Gasteiger partial charge in [-0.1, -0.05) is 12.1 Å². The lowest BCUT2D eigenvalue weighted by Crippen LogP contribution is -2.23. The van der Waals surface area contributed by atoms with Crippen molar-refractivity contribution in [2.24, 2.45) is 0 Å². The van der Waals surface area contributed by atoms with Gasteiger partial charge in [0, 0.05) is 6.54 Å². The molecular weight excluding hydrogens is 222 g/mol. The van der Waals surface area contributed by atoms with Crippen LogP contribution in [0.2, 0.25) is 0 Å². The van der Waals surface area contributed by atoms with Crippen LogP contribution >= 0.6 is 11.6 Å². The SMILES string of the molecule is COc1cccc(C(Cl)CN2CCCC2)c1. The van der Waals surface area contributed by atoms with Gasteiger partial charge in [-0.2, -0.15) is 0 Å². The highest BCUT2D eigenvalue weighted by Crippen LogP contribution is 2.26. The first kappa shape index (κ1) is 11.7. The van der Waals surface area contributed by atoms with Crippen molar-refractivity contribution >= 4 is 11.6 Å². The molecule has 0 radical (unpaired) electrons. The van der Waals surface area contributed by atoms with E-state index in [1.165, 1.54) is 25.9 Å². The van der Waals surface area contributed by atoms with E-state index in [2.05, 4.69) is 11.0 Å². The summed E-state index contributed by atoms with van der Waals surface area (Å²) >= 11 is 6.42. The summed E-state index contributed by atoms with van der Waals surface area (Å²) in [5.74, 6) is 0.879. The average Bonchev–Trinajstić information content (AvgIpc) is 2.82. The van der Waals surface area contributed by atoms with Crippen LogP contribution in [-0.2, 0) is 0 Å². The van der Waals surface area contributed by atoms with E-state index >= 15 is 0 Å². The number of ether oxygens (including phenoxy) is 1. The van der Waals surface area contributed by atoms with Gasteiger partial charge in [-0.05, 0) is 43.6 Å². The Kier molecular flexibility index (Phi) is 4.08. The molecule has 1 heterocycles. The fourth-order valence-electron chi connectivity index (χ4n) is 2.13. The molecule has 3 heteroatoms. The molecule has 1 atom stereocenters. The molecule has 1 aromatic carbocycles. The molecule has 88 valence electrons. The number of benzene rings is 1. The van der Waals surface area contributed by atoms with Crippen LogP contribution in [0.1, 0.15) is 23.8 Å². The first-order chi connectivity index (χ1) is 7.79. The number of hydrogen-bond acceptors (Lipinski definition) is 2. The lowest BCUT2D eigenvalue weighted by Gasteiger charge is -2.19. The summed E-state index contributed by atoms with van der Waals surface area (Å²) in [6.45, 7) is 3.31. The lowest BCUT2D eigenvalue weighted by molar-refractivity contribution is 0.338. The third-order valence-electron chi connectivity index (χ3n) is 3.07. The average molecular weight is 240 g/mol. The summed E-state index contributed by atoms with van der Waals surface area (Å²) < 4.78 is 5.20. The van der Waals surface area contributed by atoms with Gasteiger partial charge in [0.05, 0.1) is 12.5 Å². The van der Waals surface area contributed by atoms with E-state index in [9.17, 15) is 0 Å². The minimum Gasteiger partial charge on any atom is -0.497 e. The molecule has 1 saturated heterocycles. The van der Waals surface area contributed by atoms with Gasteiger partial charge in [0.15, 0.2) is 0 Å². The Bertz CT molecular complexity index is 336. The maximum atomic E-state index is 6.42. The Morgan fingerprint density at radius 2 is 2.12 bits per heavy atom. The normalized spacial score (nSPS) is 18.6. The van der Waals surface area contributed by atoms with Crippen LogP contribution in [0.4, 0.5) is 0 Å². The minimum absolute atomic E-state index is 0.0631. The van der Waals surface area contributed by atoms with Gasteiger partial charge in [-0.15, -0.1) is 11.6 Å². The van der Waals surface area contributed by atoms with E-state index in [1.54, 1.807) is 7.11 Å². The van der Waals surface area contributed by atoms with Crippen LogP contribution in [0, 0.1) is 0 Å². The van der Waals surface area contributed by atoms with Crippen molar-refractivity contribution < 1.29 is 4.74 Å². The second-order valence-electron chi connectivity index (χ2n) is 4.25. The van der Waals surface area contributed by atoms with Crippen molar-refractivity contribution in [3.05, 3.63) is 29.8 Å². The zero-order valence-corrected chi connectivity index (χ0v) is 10.4. The number of halogens is 1. The van der Waals surface area contributed by atoms with Gasteiger partial charge < -0.3 is 9.64 Å². The molecule has 0 amide bonds. The lowest BCUT2D eigenvalue weighted by atomic mass is 10.1. The fraction of sp³-hybridized carbons (Fsp3) is 0.538. The molecule has 1 aromatic rings. The van der Waals surface area contributed by atoms with Crippen molar-refractivity contribution in [3.63, 3.8) is 0 Å². The van der Waals surface area contributed by atoms with Gasteiger partial charge in [0.25, 0.3) is 0 Å². The number of rotatable bonds is 4. The van der Waals surface area contributed by atoms with Crippen LogP contribution in [0.3, 0.4) is 0 Å². The Morgan fingerprint density at radius 3 is 2.81 bits per heavy atom. The highest BCUT2D eigenvalue weighted by molar-refractivity contribution is 6.21. The van der Waals surface area contributed by atoms with Gasteiger partial charge in [-0.3, -0.25) is 0 Å². The van der Waals surface area contributed by atoms with Crippen LogP contribution in [-0.4, -0.2) is 31.6 Å². The highest BCUT2D eigenvalue weighted by atomic mass is 35.5. The first-order valence-corrected chi connectivity index (χ1v) is 6.23. The summed E-state index contributed by atoms with van der Waals surface area (Å²) in [7, 11) is 1.68. The van der Waals surface area contributed by atoms with Crippen LogP contribution in [0.15, 0.2) is 24.3 Å². The molecule has 1 aliphatic heterocycles. The third-order valence-corrected chi connectivity index (χ3v) is 3.46. The number of nitrogens with zero attached hydrogens (tertiary/aromatic N) is 1. The van der Waals surface area contributed by atoms with Crippen molar-refractivity contribution in [1.29, 1.82) is 0 Å². The van der Waals surface area contributed by atoms with Crippen molar-refractivity contribution in [3.8, 4) is 5.75 Å². The monoisotopic (exact) mass is 239 g/mol. The summed E-state index contributed by atoms with van der Waals surface area (Å²) in [5.41, 5.74) is 1.15. The highest BCUT2D eigenvalue weighted by Gasteiger charge is 2.17. The summed E-state index contributed by atoms with van der Waals surface area (Å²) in [6.07, 6.45) is 2.61. The van der Waals surface area contributed by atoms with Gasteiger partial charge in [0.1, 0.15) is 5.75 Å². The molecule has 0 saturated carbocycles. The number of likely N-dealkylation sites (tertiary alicyclic amines) is 1. The number of hydrogen-bond donors (Lipinski definition) is 0. The summed E-state index contributed by atoms with van der Waals surface area (Å²) in [5, 5.41) is 0.0631. The Labute approximate surface area is 102 Å². The van der Waals surface area contributed by atoms with E-state index in [0.29, 0.717) is 0 Å². The van der Waals surface area contributed by atoms with Gasteiger partial charge >= 0.3 is 0 Å². The molecule has 16 heavy (non-hydrogen) atoms. The molecule has 0 aliphatic carbocycles. The maximum absolute atomic E-state index is 6.42. The fourth-order valence-corrected chi connectivity index (χ4v) is 2.46. The Balaban J connectivity index is 1.98. The predicted molar refractivity (Wildman–Crippen MR) is 67.3 cm³/mol. The standard InChI is InChI=1S/C13H18ClNO/c1-16-12-6-4-5-11(9-12)13(14)10-15-7-2-3-8-15/h4-6,9,13H,2-3,7-8,10H2,1H3. The van der Waals surface area contributed by atoms with Crippen molar-refractivity contribution in [1.82, 2.24) is 4.90 Å². The number of methoxy groups -OCH3 is 1. The first-order valence-electron chi connectivity index (χ1n) is 5.80. The largest absolute Gasteiger partial charge is 0.497 e. The summed E-state index contributed by atoms with van der Waals surface area (Å²) in [6, 6.07) is 8.03. The van der Waals surface area contributed by atoms with E-state index in [-0.39, 0.29) is 5.38 Å². The molecule has 2 rings (SSSR count). The second kappa shape index (κ2) is 5.55. The van der Waals surface area contributed by atoms with E-state index in [0.717, 1.165) is 17.9 Å². The van der Waals surface area contributed by atoms with Crippen LogP contribution < -0.4 is 4.74 Å². The molecule has 2 nitrogen and oxygen atoms in total. The van der Waals surface area contributed by atoms with Gasteiger partial charge in [0.2, 0.25) is 0 Å².